The van der Waals surface area contributed by atoms with Crippen LogP contribution in [0.25, 0.3) is 82.1 Å². The standard InChI is InChI=1S/C44H26N4/c1-46-39-19-11-18-37(44(39)48-42-22-8-4-14-35(42)36-15-5-9-23-43(36)48)32-17-10-16-31(38(32)28-45)29-24-26-30(27-25-29)47-40-20-6-2-12-33(40)34-13-3-7-21-41(34)47/h2-27H. The lowest BCUT2D eigenvalue weighted by atomic mass is 9.91. The number of benzene rings is 7. The molecular formula is C44H26N4. The fraction of sp³-hybridized carbons (Fsp3) is 0. The van der Waals surface area contributed by atoms with Crippen molar-refractivity contribution in [1.29, 1.82) is 5.26 Å². The molecule has 48 heavy (non-hydrogen) atoms. The molecule has 0 N–H and O–H groups in total. The fourth-order valence-corrected chi connectivity index (χ4v) is 7.37. The van der Waals surface area contributed by atoms with Gasteiger partial charge in [-0.25, -0.2) is 4.85 Å². The molecule has 4 nitrogen and oxygen atoms in total. The maximum Gasteiger partial charge on any atom is 0.211 e. The molecule has 9 rings (SSSR count). The second-order valence-electron chi connectivity index (χ2n) is 11.9. The molecular weight excluding hydrogens is 585 g/mol. The summed E-state index contributed by atoms with van der Waals surface area (Å²) in [5.41, 5.74) is 10.7. The van der Waals surface area contributed by atoms with Gasteiger partial charge in [-0.1, -0.05) is 121 Å². The first-order chi connectivity index (χ1) is 23.8. The summed E-state index contributed by atoms with van der Waals surface area (Å²) < 4.78 is 4.48. The van der Waals surface area contributed by atoms with Gasteiger partial charge in [-0.3, -0.25) is 0 Å². The SMILES string of the molecule is [C-]#[N+]c1cccc(-c2cccc(-c3ccc(-n4c5ccccc5c5ccccc54)cc3)c2C#N)c1-n1c2ccccc2c2ccccc21. The molecule has 2 aromatic heterocycles. The van der Waals surface area contributed by atoms with E-state index in [0.29, 0.717) is 11.3 Å². The number of rotatable bonds is 4. The lowest BCUT2D eigenvalue weighted by Gasteiger charge is -2.18. The van der Waals surface area contributed by atoms with Crippen LogP contribution in [0.4, 0.5) is 5.69 Å². The van der Waals surface area contributed by atoms with Crippen molar-refractivity contribution in [3.8, 4) is 39.7 Å². The fourth-order valence-electron chi connectivity index (χ4n) is 7.37. The second kappa shape index (κ2) is 10.9. The Balaban J connectivity index is 1.23. The number of para-hydroxylation sites is 5. The Kier molecular flexibility index (Phi) is 6.22. The first kappa shape index (κ1) is 27.4. The lowest BCUT2D eigenvalue weighted by molar-refractivity contribution is 1.18. The molecule has 0 atom stereocenters. The van der Waals surface area contributed by atoms with Gasteiger partial charge in [0.1, 0.15) is 6.07 Å². The number of hydrogen-bond acceptors (Lipinski definition) is 1. The Labute approximate surface area is 277 Å². The Morgan fingerprint density at radius 2 is 0.917 bits per heavy atom. The van der Waals surface area contributed by atoms with E-state index < -0.39 is 0 Å². The van der Waals surface area contributed by atoms with Crippen LogP contribution in [0.15, 0.2) is 158 Å². The zero-order chi connectivity index (χ0) is 32.2. The van der Waals surface area contributed by atoms with Gasteiger partial charge >= 0.3 is 0 Å². The van der Waals surface area contributed by atoms with E-state index in [0.717, 1.165) is 66.5 Å². The summed E-state index contributed by atoms with van der Waals surface area (Å²) in [6.07, 6.45) is 0. The quantitative estimate of drug-likeness (QED) is 0.183. The highest BCUT2D eigenvalue weighted by Crippen LogP contribution is 2.43. The van der Waals surface area contributed by atoms with Gasteiger partial charge in [-0.05, 0) is 47.5 Å². The Morgan fingerprint density at radius 3 is 1.44 bits per heavy atom. The maximum atomic E-state index is 10.7. The number of hydrogen-bond donors (Lipinski definition) is 0. The molecule has 0 bridgehead atoms. The van der Waals surface area contributed by atoms with Crippen molar-refractivity contribution in [3.05, 3.63) is 175 Å². The summed E-state index contributed by atoms with van der Waals surface area (Å²) in [7, 11) is 0. The van der Waals surface area contributed by atoms with Crippen molar-refractivity contribution in [3.63, 3.8) is 0 Å². The average Bonchev–Trinajstić information content (AvgIpc) is 3.67. The van der Waals surface area contributed by atoms with E-state index in [1.807, 2.05) is 60.7 Å². The molecule has 0 saturated carbocycles. The Hall–Kier alpha value is -6.88. The van der Waals surface area contributed by atoms with E-state index in [1.54, 1.807) is 0 Å². The van der Waals surface area contributed by atoms with Crippen molar-refractivity contribution in [2.45, 2.75) is 0 Å². The molecule has 9 aromatic rings. The zero-order valence-corrected chi connectivity index (χ0v) is 25.8. The number of fused-ring (bicyclic) bond motifs is 6. The van der Waals surface area contributed by atoms with Crippen LogP contribution in [-0.2, 0) is 0 Å². The first-order valence-corrected chi connectivity index (χ1v) is 15.9. The molecule has 0 amide bonds. The number of aromatic nitrogens is 2. The maximum absolute atomic E-state index is 10.7. The van der Waals surface area contributed by atoms with E-state index in [4.69, 9.17) is 6.57 Å². The molecule has 0 radical (unpaired) electrons. The predicted molar refractivity (Wildman–Crippen MR) is 197 cm³/mol. The third-order valence-corrected chi connectivity index (χ3v) is 9.42. The monoisotopic (exact) mass is 610 g/mol. The molecule has 222 valence electrons. The normalized spacial score (nSPS) is 11.3. The van der Waals surface area contributed by atoms with Crippen LogP contribution in [0.3, 0.4) is 0 Å². The van der Waals surface area contributed by atoms with E-state index in [9.17, 15) is 5.26 Å². The van der Waals surface area contributed by atoms with Crippen molar-refractivity contribution in [2.75, 3.05) is 0 Å². The largest absolute Gasteiger partial charge is 0.318 e. The molecule has 0 fully saturated rings. The topological polar surface area (TPSA) is 38.0 Å². The third-order valence-electron chi connectivity index (χ3n) is 9.42. The van der Waals surface area contributed by atoms with Crippen LogP contribution < -0.4 is 0 Å². The van der Waals surface area contributed by atoms with Crippen LogP contribution in [0, 0.1) is 17.9 Å². The molecule has 0 unspecified atom stereocenters. The van der Waals surface area contributed by atoms with Gasteiger partial charge in [0.2, 0.25) is 5.69 Å². The van der Waals surface area contributed by atoms with E-state index >= 15 is 0 Å². The third kappa shape index (κ3) is 4.01. The highest BCUT2D eigenvalue weighted by atomic mass is 15.0. The molecule has 0 saturated heterocycles. The minimum atomic E-state index is 0.531. The van der Waals surface area contributed by atoms with Crippen molar-refractivity contribution in [1.82, 2.24) is 9.13 Å². The van der Waals surface area contributed by atoms with Crippen LogP contribution in [0.2, 0.25) is 0 Å². The smallest absolute Gasteiger partial charge is 0.211 e. The number of nitrogens with zero attached hydrogens (tertiary/aromatic N) is 4. The van der Waals surface area contributed by atoms with Gasteiger partial charge < -0.3 is 9.13 Å². The van der Waals surface area contributed by atoms with Crippen LogP contribution in [0.1, 0.15) is 5.56 Å². The van der Waals surface area contributed by atoms with Gasteiger partial charge in [0.15, 0.2) is 0 Å². The summed E-state index contributed by atoms with van der Waals surface area (Å²) in [6.45, 7) is 8.16. The Bertz CT molecular complexity index is 2690. The Morgan fingerprint density at radius 1 is 0.458 bits per heavy atom. The molecule has 0 aliphatic carbocycles. The van der Waals surface area contributed by atoms with Gasteiger partial charge in [0.25, 0.3) is 0 Å². The summed E-state index contributed by atoms with van der Waals surface area (Å²) in [5, 5.41) is 15.4. The highest BCUT2D eigenvalue weighted by molar-refractivity contribution is 6.11. The van der Waals surface area contributed by atoms with Crippen molar-refractivity contribution < 1.29 is 0 Å². The summed E-state index contributed by atoms with van der Waals surface area (Å²) in [4.78, 5) is 3.98. The van der Waals surface area contributed by atoms with Crippen LogP contribution in [0.5, 0.6) is 0 Å². The van der Waals surface area contributed by atoms with Gasteiger partial charge in [0, 0.05) is 38.4 Å². The van der Waals surface area contributed by atoms with Gasteiger partial charge in [-0.15, -0.1) is 0 Å². The zero-order valence-electron chi connectivity index (χ0n) is 25.8. The lowest BCUT2D eigenvalue weighted by Crippen LogP contribution is -1.99. The molecule has 0 spiro atoms. The molecule has 0 aliphatic heterocycles. The predicted octanol–water partition coefficient (Wildman–Crippen LogP) is 11.6. The summed E-state index contributed by atoms with van der Waals surface area (Å²) in [6, 6.07) is 56.4. The number of nitriles is 1. The van der Waals surface area contributed by atoms with E-state index in [-0.39, 0.29) is 0 Å². The minimum absolute atomic E-state index is 0.531. The van der Waals surface area contributed by atoms with Crippen molar-refractivity contribution >= 4 is 49.3 Å². The summed E-state index contributed by atoms with van der Waals surface area (Å²) >= 11 is 0. The van der Waals surface area contributed by atoms with Gasteiger partial charge in [0.05, 0.1) is 39.9 Å². The van der Waals surface area contributed by atoms with Crippen molar-refractivity contribution in [2.24, 2.45) is 0 Å². The molecule has 4 heteroatoms. The second-order valence-corrected chi connectivity index (χ2v) is 11.9. The minimum Gasteiger partial charge on any atom is -0.318 e. The molecule has 7 aromatic carbocycles. The van der Waals surface area contributed by atoms with E-state index in [2.05, 4.69) is 117 Å². The first-order valence-electron chi connectivity index (χ1n) is 15.9. The molecule has 2 heterocycles. The van der Waals surface area contributed by atoms with Crippen LogP contribution in [-0.4, -0.2) is 9.13 Å². The summed E-state index contributed by atoms with van der Waals surface area (Å²) in [5.74, 6) is 0. The van der Waals surface area contributed by atoms with Gasteiger partial charge in [-0.2, -0.15) is 5.26 Å². The average molecular weight is 611 g/mol. The highest BCUT2D eigenvalue weighted by Gasteiger charge is 2.21. The van der Waals surface area contributed by atoms with E-state index in [1.165, 1.54) is 10.8 Å². The van der Waals surface area contributed by atoms with Crippen LogP contribution >= 0.6 is 0 Å². The molecule has 0 aliphatic rings.